The maximum atomic E-state index is 12.0. The number of hydrogen-bond acceptors (Lipinski definition) is 4. The first-order valence-electron chi connectivity index (χ1n) is 9.91. The van der Waals surface area contributed by atoms with E-state index in [2.05, 4.69) is 27.8 Å². The molecule has 2 N–H and O–H groups in total. The van der Waals surface area contributed by atoms with E-state index in [0.717, 1.165) is 22.4 Å². The number of carbonyl (C=O) groups is 1. The summed E-state index contributed by atoms with van der Waals surface area (Å²) < 4.78 is 10.9. The lowest BCUT2D eigenvalue weighted by Gasteiger charge is -2.16. The summed E-state index contributed by atoms with van der Waals surface area (Å²) in [6.45, 7) is 4.27. The zero-order valence-electron chi connectivity index (χ0n) is 18.5. The first kappa shape index (κ1) is 23.2. The minimum Gasteiger partial charge on any atom is -0.491 e. The zero-order valence-corrected chi connectivity index (χ0v) is 18.5. The second kappa shape index (κ2) is 11.8. The van der Waals surface area contributed by atoms with Gasteiger partial charge in [-0.1, -0.05) is 24.3 Å². The van der Waals surface area contributed by atoms with Gasteiger partial charge in [0.2, 0.25) is 0 Å². The van der Waals surface area contributed by atoms with Gasteiger partial charge in [0.15, 0.2) is 5.96 Å². The van der Waals surface area contributed by atoms with Crippen LogP contribution in [0.4, 0.5) is 0 Å². The molecule has 0 unspecified atom stereocenters. The molecule has 0 aliphatic rings. The van der Waals surface area contributed by atoms with E-state index in [4.69, 9.17) is 9.47 Å². The Hall–Kier alpha value is -3.06. The number of aliphatic imine (C=N–C) groups is 1. The molecule has 0 spiro atoms. The van der Waals surface area contributed by atoms with E-state index < -0.39 is 0 Å². The molecule has 7 heteroatoms. The topological polar surface area (TPSA) is 75.2 Å². The maximum Gasteiger partial charge on any atom is 0.253 e. The highest BCUT2D eigenvalue weighted by atomic mass is 16.5. The van der Waals surface area contributed by atoms with Gasteiger partial charge in [0.25, 0.3) is 5.91 Å². The molecular weight excluding hydrogens is 380 g/mol. The van der Waals surface area contributed by atoms with Crippen LogP contribution in [0.5, 0.6) is 5.75 Å². The minimum atomic E-state index is -0.00592. The molecule has 0 heterocycles. The number of guanidine groups is 1. The Bertz CT molecular complexity index is 848. The molecule has 0 aliphatic carbocycles. The summed E-state index contributed by atoms with van der Waals surface area (Å²) in [5.41, 5.74) is 3.93. The summed E-state index contributed by atoms with van der Waals surface area (Å²) in [4.78, 5) is 17.8. The summed E-state index contributed by atoms with van der Waals surface area (Å²) in [6.07, 6.45) is 0. The SMILES string of the molecule is CN=C(NCc1ccc(C(=O)N(C)C)cc1)NCc1ccc(C)cc1OCCOC. The normalized spacial score (nSPS) is 11.2. The van der Waals surface area contributed by atoms with Gasteiger partial charge in [-0.05, 0) is 36.2 Å². The number of rotatable bonds is 9. The predicted octanol–water partition coefficient (Wildman–Crippen LogP) is 2.59. The largest absolute Gasteiger partial charge is 0.491 e. The third-order valence-corrected chi connectivity index (χ3v) is 4.50. The second-order valence-corrected chi connectivity index (χ2v) is 7.13. The van der Waals surface area contributed by atoms with Crippen molar-refractivity contribution in [2.24, 2.45) is 4.99 Å². The molecule has 2 rings (SSSR count). The molecular formula is C23H32N4O3. The highest BCUT2D eigenvalue weighted by Crippen LogP contribution is 2.20. The third kappa shape index (κ3) is 7.08. The van der Waals surface area contributed by atoms with Crippen molar-refractivity contribution in [2.75, 3.05) is 41.5 Å². The molecule has 0 atom stereocenters. The Labute approximate surface area is 179 Å². The van der Waals surface area contributed by atoms with Crippen LogP contribution in [0, 0.1) is 6.92 Å². The predicted molar refractivity (Wildman–Crippen MR) is 120 cm³/mol. The number of hydrogen-bond donors (Lipinski definition) is 2. The average Bonchev–Trinajstić information content (AvgIpc) is 2.75. The molecule has 0 bridgehead atoms. The van der Waals surface area contributed by atoms with E-state index in [1.165, 1.54) is 0 Å². The van der Waals surface area contributed by atoms with Gasteiger partial charge in [-0.2, -0.15) is 0 Å². The van der Waals surface area contributed by atoms with Crippen LogP contribution in [0.3, 0.4) is 0 Å². The lowest BCUT2D eigenvalue weighted by atomic mass is 10.1. The van der Waals surface area contributed by atoms with Crippen molar-refractivity contribution in [2.45, 2.75) is 20.0 Å². The van der Waals surface area contributed by atoms with E-state index in [0.29, 0.717) is 37.8 Å². The van der Waals surface area contributed by atoms with Gasteiger partial charge in [-0.3, -0.25) is 9.79 Å². The number of methoxy groups -OCH3 is 1. The van der Waals surface area contributed by atoms with Gasteiger partial charge >= 0.3 is 0 Å². The van der Waals surface area contributed by atoms with Gasteiger partial charge < -0.3 is 25.0 Å². The standard InChI is InChI=1S/C23H32N4O3/c1-17-6-9-20(21(14-17)30-13-12-29-5)16-26-23(24-2)25-15-18-7-10-19(11-8-18)22(28)27(3)4/h6-11,14H,12-13,15-16H2,1-5H3,(H2,24,25,26). The van der Waals surface area contributed by atoms with Crippen molar-refractivity contribution in [3.63, 3.8) is 0 Å². The summed E-state index contributed by atoms with van der Waals surface area (Å²) in [5, 5.41) is 6.61. The van der Waals surface area contributed by atoms with Crippen molar-refractivity contribution < 1.29 is 14.3 Å². The summed E-state index contributed by atoms with van der Waals surface area (Å²) in [5.74, 6) is 1.52. The molecule has 30 heavy (non-hydrogen) atoms. The summed E-state index contributed by atoms with van der Waals surface area (Å²) >= 11 is 0. The van der Waals surface area contributed by atoms with Crippen LogP contribution >= 0.6 is 0 Å². The molecule has 0 fully saturated rings. The molecule has 2 aromatic rings. The fourth-order valence-corrected chi connectivity index (χ4v) is 2.79. The van der Waals surface area contributed by atoms with Crippen molar-refractivity contribution in [1.29, 1.82) is 0 Å². The molecule has 0 saturated heterocycles. The molecule has 2 aromatic carbocycles. The Morgan fingerprint density at radius 3 is 2.37 bits per heavy atom. The molecule has 0 aliphatic heterocycles. The van der Waals surface area contributed by atoms with Crippen LogP contribution in [-0.2, 0) is 17.8 Å². The lowest BCUT2D eigenvalue weighted by Crippen LogP contribution is -2.36. The number of carbonyl (C=O) groups excluding carboxylic acids is 1. The van der Waals surface area contributed by atoms with E-state index in [1.807, 2.05) is 37.3 Å². The lowest BCUT2D eigenvalue weighted by molar-refractivity contribution is 0.0827. The Kier molecular flexibility index (Phi) is 9.15. The third-order valence-electron chi connectivity index (χ3n) is 4.50. The van der Waals surface area contributed by atoms with Crippen LogP contribution in [-0.4, -0.2) is 58.2 Å². The maximum absolute atomic E-state index is 12.0. The minimum absolute atomic E-state index is 0.00592. The Morgan fingerprint density at radius 1 is 1.03 bits per heavy atom. The molecule has 0 aromatic heterocycles. The number of nitrogens with zero attached hydrogens (tertiary/aromatic N) is 2. The van der Waals surface area contributed by atoms with Crippen LogP contribution in [0.1, 0.15) is 27.0 Å². The average molecular weight is 413 g/mol. The van der Waals surface area contributed by atoms with Gasteiger partial charge in [-0.15, -0.1) is 0 Å². The van der Waals surface area contributed by atoms with E-state index in [-0.39, 0.29) is 5.91 Å². The van der Waals surface area contributed by atoms with Crippen molar-refractivity contribution >= 4 is 11.9 Å². The van der Waals surface area contributed by atoms with Crippen LogP contribution in [0.15, 0.2) is 47.5 Å². The number of ether oxygens (including phenoxy) is 2. The zero-order chi connectivity index (χ0) is 21.9. The Morgan fingerprint density at radius 2 is 1.73 bits per heavy atom. The highest BCUT2D eigenvalue weighted by molar-refractivity contribution is 5.93. The first-order valence-corrected chi connectivity index (χ1v) is 9.91. The number of amides is 1. The van der Waals surface area contributed by atoms with E-state index in [1.54, 1.807) is 33.2 Å². The number of nitrogens with one attached hydrogen (secondary N) is 2. The van der Waals surface area contributed by atoms with Crippen LogP contribution in [0.25, 0.3) is 0 Å². The quantitative estimate of drug-likeness (QED) is 0.376. The van der Waals surface area contributed by atoms with Gasteiger partial charge in [-0.25, -0.2) is 0 Å². The van der Waals surface area contributed by atoms with Gasteiger partial charge in [0.05, 0.1) is 6.61 Å². The highest BCUT2D eigenvalue weighted by Gasteiger charge is 2.08. The van der Waals surface area contributed by atoms with Gasteiger partial charge in [0, 0.05) is 52.5 Å². The molecule has 1 amide bonds. The number of benzene rings is 2. The fourth-order valence-electron chi connectivity index (χ4n) is 2.79. The van der Waals surface area contributed by atoms with Crippen LogP contribution < -0.4 is 15.4 Å². The van der Waals surface area contributed by atoms with Crippen molar-refractivity contribution in [3.8, 4) is 5.75 Å². The first-order chi connectivity index (χ1) is 14.4. The van der Waals surface area contributed by atoms with E-state index in [9.17, 15) is 4.79 Å². The monoisotopic (exact) mass is 412 g/mol. The van der Waals surface area contributed by atoms with Crippen molar-refractivity contribution in [3.05, 3.63) is 64.7 Å². The van der Waals surface area contributed by atoms with E-state index >= 15 is 0 Å². The summed E-state index contributed by atoms with van der Waals surface area (Å²) in [7, 11) is 6.88. The number of aryl methyl sites for hydroxylation is 1. The molecule has 0 saturated carbocycles. The smallest absolute Gasteiger partial charge is 0.253 e. The van der Waals surface area contributed by atoms with Crippen molar-refractivity contribution in [1.82, 2.24) is 15.5 Å². The van der Waals surface area contributed by atoms with Gasteiger partial charge in [0.1, 0.15) is 12.4 Å². The second-order valence-electron chi connectivity index (χ2n) is 7.13. The molecule has 7 nitrogen and oxygen atoms in total. The summed E-state index contributed by atoms with van der Waals surface area (Å²) in [6, 6.07) is 13.7. The molecule has 162 valence electrons. The Balaban J connectivity index is 1.92. The molecule has 0 radical (unpaired) electrons. The van der Waals surface area contributed by atoms with Crippen LogP contribution in [0.2, 0.25) is 0 Å². The fraction of sp³-hybridized carbons (Fsp3) is 0.391.